The molecule has 1 aromatic heterocycles. The number of fused-ring (bicyclic) bond motifs is 2. The number of hydrogen-bond acceptors (Lipinski definition) is 6. The highest BCUT2D eigenvalue weighted by atomic mass is 16.5. The quantitative estimate of drug-likeness (QED) is 0.383. The van der Waals surface area contributed by atoms with Crippen LogP contribution in [0.1, 0.15) is 44.1 Å². The van der Waals surface area contributed by atoms with Crippen LogP contribution in [0, 0.1) is 6.92 Å². The Hall–Kier alpha value is -2.94. The third-order valence-electron chi connectivity index (χ3n) is 7.91. The second-order valence-corrected chi connectivity index (χ2v) is 10.9. The Morgan fingerprint density at radius 3 is 2.55 bits per heavy atom. The minimum absolute atomic E-state index is 0.0365. The number of anilines is 1. The van der Waals surface area contributed by atoms with Gasteiger partial charge >= 0.3 is 0 Å². The number of amides is 1. The average molecular weight is 520 g/mol. The predicted octanol–water partition coefficient (Wildman–Crippen LogP) is 4.20. The first kappa shape index (κ1) is 26.7. The molecule has 204 valence electrons. The molecule has 5 rings (SSSR count). The van der Waals surface area contributed by atoms with E-state index >= 15 is 0 Å². The van der Waals surface area contributed by atoms with Crippen molar-refractivity contribution in [1.82, 2.24) is 19.4 Å². The van der Waals surface area contributed by atoms with Crippen molar-refractivity contribution in [2.45, 2.75) is 52.6 Å². The van der Waals surface area contributed by atoms with Gasteiger partial charge in [0.15, 0.2) is 0 Å². The number of para-hydroxylation sites is 2. The van der Waals surface area contributed by atoms with E-state index in [0.29, 0.717) is 13.2 Å². The van der Waals surface area contributed by atoms with Crippen LogP contribution < -0.4 is 10.1 Å². The predicted molar refractivity (Wildman–Crippen MR) is 151 cm³/mol. The van der Waals surface area contributed by atoms with Crippen LogP contribution >= 0.6 is 0 Å². The molecule has 3 aromatic rings. The molecule has 2 aliphatic heterocycles. The number of nitrogens with zero attached hydrogens (tertiary/aromatic N) is 4. The topological polar surface area (TPSA) is 71.9 Å². The first-order valence-electron chi connectivity index (χ1n) is 13.9. The normalized spacial score (nSPS) is 17.6. The second-order valence-electron chi connectivity index (χ2n) is 10.9. The summed E-state index contributed by atoms with van der Waals surface area (Å²) in [4.78, 5) is 22.4. The van der Waals surface area contributed by atoms with E-state index in [4.69, 9.17) is 14.5 Å². The third kappa shape index (κ3) is 5.44. The molecule has 0 aliphatic carbocycles. The Labute approximate surface area is 225 Å². The van der Waals surface area contributed by atoms with Gasteiger partial charge in [0.05, 0.1) is 41.9 Å². The van der Waals surface area contributed by atoms with E-state index < -0.39 is 5.41 Å². The molecule has 1 saturated heterocycles. The van der Waals surface area contributed by atoms with Gasteiger partial charge in [-0.05, 0) is 57.9 Å². The zero-order valence-electron chi connectivity index (χ0n) is 23.3. The Morgan fingerprint density at radius 1 is 1.00 bits per heavy atom. The van der Waals surface area contributed by atoms with Crippen molar-refractivity contribution >= 4 is 22.6 Å². The first-order valence-corrected chi connectivity index (χ1v) is 13.9. The molecule has 1 amide bonds. The van der Waals surface area contributed by atoms with Gasteiger partial charge in [-0.15, -0.1) is 0 Å². The number of piperazine rings is 1. The lowest BCUT2D eigenvalue weighted by Gasteiger charge is -2.34. The summed E-state index contributed by atoms with van der Waals surface area (Å²) >= 11 is 0. The van der Waals surface area contributed by atoms with E-state index in [-0.39, 0.29) is 5.91 Å². The number of carbonyl (C=O) groups is 1. The molecular formula is C30H41N5O3. The van der Waals surface area contributed by atoms with E-state index in [1.165, 1.54) is 5.52 Å². The van der Waals surface area contributed by atoms with Crippen LogP contribution in [0.15, 0.2) is 36.4 Å². The largest absolute Gasteiger partial charge is 0.493 e. The maximum absolute atomic E-state index is 12.5. The molecule has 8 heteroatoms. The van der Waals surface area contributed by atoms with Crippen LogP contribution in [0.3, 0.4) is 0 Å². The number of aryl methyl sites for hydroxylation is 1. The minimum atomic E-state index is -0.573. The van der Waals surface area contributed by atoms with E-state index in [1.807, 2.05) is 39.8 Å². The molecule has 0 bridgehead atoms. The highest BCUT2D eigenvalue weighted by molar-refractivity contribution is 6.07. The summed E-state index contributed by atoms with van der Waals surface area (Å²) in [5.41, 5.74) is 4.65. The van der Waals surface area contributed by atoms with Crippen LogP contribution in [0.4, 0.5) is 5.69 Å². The lowest BCUT2D eigenvalue weighted by molar-refractivity contribution is -0.119. The van der Waals surface area contributed by atoms with Gasteiger partial charge in [0.25, 0.3) is 0 Å². The van der Waals surface area contributed by atoms with Gasteiger partial charge < -0.3 is 24.3 Å². The van der Waals surface area contributed by atoms with Crippen molar-refractivity contribution < 1.29 is 14.3 Å². The Morgan fingerprint density at radius 2 is 1.76 bits per heavy atom. The number of rotatable bonds is 11. The van der Waals surface area contributed by atoms with Crippen molar-refractivity contribution in [1.29, 1.82) is 0 Å². The minimum Gasteiger partial charge on any atom is -0.493 e. The maximum Gasteiger partial charge on any atom is 0.234 e. The van der Waals surface area contributed by atoms with Gasteiger partial charge in [0.1, 0.15) is 11.6 Å². The fraction of sp³-hybridized carbons (Fsp3) is 0.533. The van der Waals surface area contributed by atoms with E-state index in [1.54, 1.807) is 0 Å². The molecular weight excluding hydrogens is 478 g/mol. The van der Waals surface area contributed by atoms with Crippen LogP contribution in [0.5, 0.6) is 5.75 Å². The molecule has 0 unspecified atom stereocenters. The van der Waals surface area contributed by atoms with E-state index in [2.05, 4.69) is 43.9 Å². The van der Waals surface area contributed by atoms with Crippen LogP contribution in [0.2, 0.25) is 0 Å². The fourth-order valence-electron chi connectivity index (χ4n) is 5.61. The van der Waals surface area contributed by atoms with Crippen molar-refractivity contribution in [3.8, 4) is 5.75 Å². The van der Waals surface area contributed by atoms with Crippen molar-refractivity contribution in [2.24, 2.45) is 0 Å². The van der Waals surface area contributed by atoms with E-state index in [0.717, 1.165) is 92.7 Å². The standard InChI is InChI=1S/C30H41N5O3/c1-5-37-20-18-35-24-10-7-6-9-23(24)31-26(35)21-34-16-14-33(15-17-34)13-8-19-38-25-12-11-22(2)28-27(25)30(3,4)29(36)32-28/h6-7,9-12H,5,8,13-21H2,1-4H3,(H,32,36). The molecule has 1 N–H and O–H groups in total. The number of aromatic nitrogens is 2. The monoisotopic (exact) mass is 519 g/mol. The third-order valence-corrected chi connectivity index (χ3v) is 7.91. The highest BCUT2D eigenvalue weighted by Gasteiger charge is 2.41. The molecule has 2 aromatic carbocycles. The van der Waals surface area contributed by atoms with Gasteiger partial charge in [-0.3, -0.25) is 9.69 Å². The number of nitrogens with one attached hydrogen (secondary N) is 1. The summed E-state index contributed by atoms with van der Waals surface area (Å²) in [5.74, 6) is 1.98. The summed E-state index contributed by atoms with van der Waals surface area (Å²) in [5, 5.41) is 3.04. The number of carbonyl (C=O) groups excluding carboxylic acids is 1. The molecule has 0 atom stereocenters. The van der Waals surface area contributed by atoms with Gasteiger partial charge in [-0.2, -0.15) is 0 Å². The average Bonchev–Trinajstić information content (AvgIpc) is 3.38. The summed E-state index contributed by atoms with van der Waals surface area (Å²) in [6.45, 7) is 16.9. The van der Waals surface area contributed by atoms with Crippen molar-refractivity contribution in [3.63, 3.8) is 0 Å². The number of hydrogen-bond donors (Lipinski definition) is 1. The van der Waals surface area contributed by atoms with Crippen LogP contribution in [0.25, 0.3) is 11.0 Å². The van der Waals surface area contributed by atoms with Gasteiger partial charge in [-0.1, -0.05) is 18.2 Å². The molecule has 0 radical (unpaired) electrons. The number of imidazole rings is 1. The highest BCUT2D eigenvalue weighted by Crippen LogP contribution is 2.45. The number of ether oxygens (including phenoxy) is 2. The summed E-state index contributed by atoms with van der Waals surface area (Å²) in [7, 11) is 0. The zero-order chi connectivity index (χ0) is 26.7. The Bertz CT molecular complexity index is 1280. The van der Waals surface area contributed by atoms with Crippen molar-refractivity contribution in [2.75, 3.05) is 57.9 Å². The lowest BCUT2D eigenvalue weighted by atomic mass is 9.85. The lowest BCUT2D eigenvalue weighted by Crippen LogP contribution is -2.46. The first-order chi connectivity index (χ1) is 18.4. The fourth-order valence-corrected chi connectivity index (χ4v) is 5.61. The van der Waals surface area contributed by atoms with Crippen LogP contribution in [-0.2, 0) is 28.0 Å². The molecule has 2 aliphatic rings. The summed E-state index contributed by atoms with van der Waals surface area (Å²) < 4.78 is 14.2. The molecule has 0 spiro atoms. The number of benzene rings is 2. The smallest absolute Gasteiger partial charge is 0.234 e. The molecule has 1 fully saturated rings. The van der Waals surface area contributed by atoms with Crippen molar-refractivity contribution in [3.05, 3.63) is 53.3 Å². The van der Waals surface area contributed by atoms with Gasteiger partial charge in [-0.25, -0.2) is 4.98 Å². The molecule has 0 saturated carbocycles. The molecule has 3 heterocycles. The Balaban J connectivity index is 1.11. The summed E-state index contributed by atoms with van der Waals surface area (Å²) in [6, 6.07) is 12.4. The molecule has 8 nitrogen and oxygen atoms in total. The second kappa shape index (κ2) is 11.4. The SMILES string of the molecule is CCOCCn1c(CN2CCN(CCCOc3ccc(C)c4c3C(C)(C)C(=O)N4)CC2)nc2ccccc21. The van der Waals surface area contributed by atoms with Gasteiger partial charge in [0.2, 0.25) is 5.91 Å². The molecule has 38 heavy (non-hydrogen) atoms. The van der Waals surface area contributed by atoms with Gasteiger partial charge in [0, 0.05) is 51.4 Å². The summed E-state index contributed by atoms with van der Waals surface area (Å²) in [6.07, 6.45) is 0.956. The maximum atomic E-state index is 12.5. The zero-order valence-corrected chi connectivity index (χ0v) is 23.3. The van der Waals surface area contributed by atoms with Crippen LogP contribution in [-0.4, -0.2) is 77.8 Å². The Kier molecular flexibility index (Phi) is 8.02. The van der Waals surface area contributed by atoms with E-state index in [9.17, 15) is 4.79 Å².